The minimum Gasteiger partial charge on any atom is -0.459 e. The SMILES string of the molecule is Cc1nc(Sc2c(Cl)cc(C(=O)OC(C)C)cc2[N+](=O)[O-])n[nH]1. The Morgan fingerprint density at radius 3 is 2.70 bits per heavy atom. The van der Waals surface area contributed by atoms with Gasteiger partial charge < -0.3 is 4.74 Å². The molecule has 1 aromatic heterocycles. The first-order valence-electron chi connectivity index (χ1n) is 6.53. The van der Waals surface area contributed by atoms with Crippen molar-refractivity contribution in [1.82, 2.24) is 15.2 Å². The summed E-state index contributed by atoms with van der Waals surface area (Å²) >= 11 is 7.06. The molecule has 0 atom stereocenters. The summed E-state index contributed by atoms with van der Waals surface area (Å²) in [6, 6.07) is 2.47. The Labute approximate surface area is 140 Å². The molecule has 0 unspecified atom stereocenters. The Morgan fingerprint density at radius 2 is 2.17 bits per heavy atom. The van der Waals surface area contributed by atoms with Gasteiger partial charge in [-0.05, 0) is 38.6 Å². The molecule has 0 radical (unpaired) electrons. The number of carbonyl (C=O) groups excluding carboxylic acids is 1. The Morgan fingerprint density at radius 1 is 1.48 bits per heavy atom. The van der Waals surface area contributed by atoms with Gasteiger partial charge in [0.1, 0.15) is 10.7 Å². The van der Waals surface area contributed by atoms with Crippen molar-refractivity contribution in [2.24, 2.45) is 0 Å². The maximum Gasteiger partial charge on any atom is 0.338 e. The molecule has 0 saturated heterocycles. The van der Waals surface area contributed by atoms with Gasteiger partial charge in [0.05, 0.1) is 21.6 Å². The zero-order valence-electron chi connectivity index (χ0n) is 12.5. The number of aromatic amines is 1. The van der Waals surface area contributed by atoms with Gasteiger partial charge in [-0.1, -0.05) is 11.6 Å². The second-order valence-corrected chi connectivity index (χ2v) is 6.21. The minimum atomic E-state index is -0.671. The van der Waals surface area contributed by atoms with Crippen LogP contribution in [-0.2, 0) is 4.74 Å². The number of halogens is 1. The molecule has 0 aliphatic rings. The summed E-state index contributed by atoms with van der Waals surface area (Å²) in [6.45, 7) is 5.07. The summed E-state index contributed by atoms with van der Waals surface area (Å²) in [5, 5.41) is 18.2. The number of hydrogen-bond donors (Lipinski definition) is 1. The van der Waals surface area contributed by atoms with E-state index >= 15 is 0 Å². The maximum atomic E-state index is 11.9. The van der Waals surface area contributed by atoms with Crippen LogP contribution in [0.1, 0.15) is 30.0 Å². The highest BCUT2D eigenvalue weighted by Crippen LogP contribution is 2.39. The van der Waals surface area contributed by atoms with Crippen LogP contribution in [0.3, 0.4) is 0 Å². The van der Waals surface area contributed by atoms with Gasteiger partial charge in [-0.2, -0.15) is 0 Å². The van der Waals surface area contributed by atoms with Crippen LogP contribution < -0.4 is 0 Å². The quantitative estimate of drug-likeness (QED) is 0.496. The van der Waals surface area contributed by atoms with E-state index in [0.717, 1.165) is 17.8 Å². The molecular weight excluding hydrogens is 344 g/mol. The first kappa shape index (κ1) is 17.2. The van der Waals surface area contributed by atoms with Crippen molar-refractivity contribution in [3.8, 4) is 0 Å². The fourth-order valence-electron chi connectivity index (χ4n) is 1.67. The van der Waals surface area contributed by atoms with Gasteiger partial charge in [-0.15, -0.1) is 5.10 Å². The van der Waals surface area contributed by atoms with Crippen LogP contribution in [0.5, 0.6) is 0 Å². The van der Waals surface area contributed by atoms with E-state index in [4.69, 9.17) is 16.3 Å². The van der Waals surface area contributed by atoms with Crippen LogP contribution in [0.4, 0.5) is 5.69 Å². The topological polar surface area (TPSA) is 111 Å². The molecule has 0 fully saturated rings. The van der Waals surface area contributed by atoms with Crippen LogP contribution in [0.25, 0.3) is 0 Å². The Bertz CT molecular complexity index is 762. The number of nitrogens with zero attached hydrogens (tertiary/aromatic N) is 3. The van der Waals surface area contributed by atoms with Gasteiger partial charge in [0.2, 0.25) is 5.16 Å². The fourth-order valence-corrected chi connectivity index (χ4v) is 2.86. The third-order valence-corrected chi connectivity index (χ3v) is 3.98. The third kappa shape index (κ3) is 4.20. The lowest BCUT2D eigenvalue weighted by Crippen LogP contribution is -2.12. The van der Waals surface area contributed by atoms with E-state index in [2.05, 4.69) is 15.2 Å². The molecule has 2 aromatic rings. The van der Waals surface area contributed by atoms with Crippen molar-refractivity contribution >= 4 is 35.0 Å². The van der Waals surface area contributed by atoms with E-state index in [-0.39, 0.29) is 27.3 Å². The first-order chi connectivity index (χ1) is 10.8. The Kier molecular flexibility index (Phi) is 5.22. The van der Waals surface area contributed by atoms with Crippen LogP contribution in [0.15, 0.2) is 22.2 Å². The van der Waals surface area contributed by atoms with Gasteiger partial charge in [0.15, 0.2) is 0 Å². The molecule has 122 valence electrons. The van der Waals surface area contributed by atoms with E-state index < -0.39 is 10.9 Å². The lowest BCUT2D eigenvalue weighted by molar-refractivity contribution is -0.387. The molecular formula is C13H13ClN4O4S. The van der Waals surface area contributed by atoms with Crippen LogP contribution in [0.2, 0.25) is 5.02 Å². The second-order valence-electron chi connectivity index (χ2n) is 4.82. The number of aryl methyl sites for hydroxylation is 1. The van der Waals surface area contributed by atoms with Crippen molar-refractivity contribution in [2.45, 2.75) is 36.9 Å². The second kappa shape index (κ2) is 6.97. The number of rotatable bonds is 5. The van der Waals surface area contributed by atoms with Gasteiger partial charge in [-0.3, -0.25) is 15.2 Å². The smallest absolute Gasteiger partial charge is 0.338 e. The average molecular weight is 357 g/mol. The summed E-state index contributed by atoms with van der Waals surface area (Å²) in [5.41, 5.74) is -0.286. The zero-order chi connectivity index (χ0) is 17.1. The zero-order valence-corrected chi connectivity index (χ0v) is 14.1. The van der Waals surface area contributed by atoms with Crippen molar-refractivity contribution in [3.05, 3.63) is 38.7 Å². The van der Waals surface area contributed by atoms with Gasteiger partial charge >= 0.3 is 5.97 Å². The molecule has 0 spiro atoms. The summed E-state index contributed by atoms with van der Waals surface area (Å²) < 4.78 is 5.03. The number of nitrogens with one attached hydrogen (secondary N) is 1. The molecule has 0 saturated carbocycles. The molecule has 1 aromatic carbocycles. The standard InChI is InChI=1S/C13H13ClN4O4S/c1-6(2)22-12(19)8-4-9(14)11(10(5-8)18(20)21)23-13-15-7(3)16-17-13/h4-6H,1-3H3,(H,15,16,17). The number of nitro benzene ring substituents is 1. The highest BCUT2D eigenvalue weighted by atomic mass is 35.5. The highest BCUT2D eigenvalue weighted by molar-refractivity contribution is 7.99. The van der Waals surface area contributed by atoms with Crippen molar-refractivity contribution in [3.63, 3.8) is 0 Å². The molecule has 1 heterocycles. The Hall–Kier alpha value is -2.13. The van der Waals surface area contributed by atoms with E-state index in [1.165, 1.54) is 6.07 Å². The van der Waals surface area contributed by atoms with Crippen molar-refractivity contribution < 1.29 is 14.5 Å². The molecule has 0 bridgehead atoms. The van der Waals surface area contributed by atoms with Gasteiger partial charge in [0, 0.05) is 6.07 Å². The van der Waals surface area contributed by atoms with Gasteiger partial charge in [0.25, 0.3) is 5.69 Å². The number of benzene rings is 1. The van der Waals surface area contributed by atoms with E-state index in [0.29, 0.717) is 11.0 Å². The van der Waals surface area contributed by atoms with E-state index in [1.54, 1.807) is 20.8 Å². The number of ether oxygens (including phenoxy) is 1. The monoisotopic (exact) mass is 356 g/mol. The van der Waals surface area contributed by atoms with Crippen molar-refractivity contribution in [1.29, 1.82) is 0 Å². The average Bonchev–Trinajstić information content (AvgIpc) is 2.85. The lowest BCUT2D eigenvalue weighted by atomic mass is 10.2. The summed E-state index contributed by atoms with van der Waals surface area (Å²) in [4.78, 5) is 26.8. The van der Waals surface area contributed by atoms with Crippen LogP contribution >= 0.6 is 23.4 Å². The Balaban J connectivity index is 2.42. The van der Waals surface area contributed by atoms with Crippen LogP contribution in [-0.4, -0.2) is 32.2 Å². The number of H-pyrrole nitrogens is 1. The number of carbonyl (C=O) groups is 1. The third-order valence-electron chi connectivity index (χ3n) is 2.57. The number of aromatic nitrogens is 3. The summed E-state index contributed by atoms with van der Waals surface area (Å²) in [5.74, 6) is -0.0984. The summed E-state index contributed by atoms with van der Waals surface area (Å²) in [7, 11) is 0. The number of hydrogen-bond acceptors (Lipinski definition) is 7. The van der Waals surface area contributed by atoms with Crippen LogP contribution in [0, 0.1) is 17.0 Å². The van der Waals surface area contributed by atoms with Crippen molar-refractivity contribution in [2.75, 3.05) is 0 Å². The van der Waals surface area contributed by atoms with E-state index in [9.17, 15) is 14.9 Å². The predicted octanol–water partition coefficient (Wildman–Crippen LogP) is 3.39. The fraction of sp³-hybridized carbons (Fsp3) is 0.308. The number of esters is 1. The summed E-state index contributed by atoms with van der Waals surface area (Å²) in [6.07, 6.45) is -0.342. The van der Waals surface area contributed by atoms with Gasteiger partial charge in [-0.25, -0.2) is 9.78 Å². The molecule has 1 N–H and O–H groups in total. The molecule has 0 amide bonds. The molecule has 8 nitrogen and oxygen atoms in total. The lowest BCUT2D eigenvalue weighted by Gasteiger charge is -2.09. The molecule has 23 heavy (non-hydrogen) atoms. The molecule has 2 rings (SSSR count). The molecule has 10 heteroatoms. The molecule has 0 aliphatic heterocycles. The first-order valence-corrected chi connectivity index (χ1v) is 7.73. The molecule has 0 aliphatic carbocycles. The highest BCUT2D eigenvalue weighted by Gasteiger charge is 2.24. The van der Waals surface area contributed by atoms with E-state index in [1.807, 2.05) is 0 Å². The number of nitro groups is 1. The maximum absolute atomic E-state index is 11.9. The minimum absolute atomic E-state index is 0.0194. The largest absolute Gasteiger partial charge is 0.459 e. The normalized spacial score (nSPS) is 10.8. The predicted molar refractivity (Wildman–Crippen MR) is 83.9 cm³/mol.